The molecule has 152 valence electrons. The third kappa shape index (κ3) is 3.62. The largest absolute Gasteiger partial charge is 0.384 e. The van der Waals surface area contributed by atoms with Gasteiger partial charge in [0.1, 0.15) is 11.4 Å². The van der Waals surface area contributed by atoms with E-state index in [1.54, 1.807) is 4.57 Å². The monoisotopic (exact) mass is 415 g/mol. The summed E-state index contributed by atoms with van der Waals surface area (Å²) in [6.07, 6.45) is 2.40. The molecule has 1 aliphatic carbocycles. The fraction of sp³-hybridized carbons (Fsp3) is 0.263. The number of aromatic nitrogens is 3. The number of aryl methyl sites for hydroxylation is 1. The number of pyridine rings is 1. The van der Waals surface area contributed by atoms with E-state index in [1.165, 1.54) is 11.8 Å². The van der Waals surface area contributed by atoms with Crippen molar-refractivity contribution in [2.24, 2.45) is 11.5 Å². The lowest BCUT2D eigenvalue weighted by Gasteiger charge is -2.14. The number of amides is 1. The van der Waals surface area contributed by atoms with E-state index in [2.05, 4.69) is 15.3 Å². The molecule has 0 aliphatic heterocycles. The molecule has 2 heterocycles. The standard InChI is InChI=1S/C19H21N7O2.ClH/c1-2-26-16(21)14(17(22)28)15(27)12-8-23-19(25-18(12)26)24-10-5-3-9(4-6-10)11-7-13(11)20;/h3-6,8,11,13H,2,7,20-21H2,1H3,(H2,22,28)(H,23,24,25);1H/t11-,13+;/m0./s1. The summed E-state index contributed by atoms with van der Waals surface area (Å²) >= 11 is 0. The highest BCUT2D eigenvalue weighted by atomic mass is 35.5. The number of carbonyl (C=O) groups excluding carboxylic acids is 1. The molecule has 0 radical (unpaired) electrons. The Labute approximate surface area is 172 Å². The molecule has 9 nitrogen and oxygen atoms in total. The van der Waals surface area contributed by atoms with Crippen LogP contribution in [-0.2, 0) is 6.54 Å². The van der Waals surface area contributed by atoms with Crippen LogP contribution in [0.25, 0.3) is 11.0 Å². The Morgan fingerprint density at radius 3 is 2.52 bits per heavy atom. The molecule has 2 atom stereocenters. The summed E-state index contributed by atoms with van der Waals surface area (Å²) in [6, 6.07) is 8.18. The molecule has 1 fully saturated rings. The number of hydrogen-bond donors (Lipinski definition) is 4. The van der Waals surface area contributed by atoms with Crippen LogP contribution in [0.4, 0.5) is 17.5 Å². The lowest BCUT2D eigenvalue weighted by molar-refractivity contribution is 0.1000. The van der Waals surface area contributed by atoms with Gasteiger partial charge in [-0.1, -0.05) is 12.1 Å². The SMILES string of the molecule is CCn1c(N)c(C(N)=O)c(=O)c2cnc(Nc3ccc([C@@H]4C[C@H]4N)cc3)nc21.Cl. The van der Waals surface area contributed by atoms with Gasteiger partial charge in [0.25, 0.3) is 5.91 Å². The average molecular weight is 416 g/mol. The fourth-order valence-electron chi connectivity index (χ4n) is 3.40. The van der Waals surface area contributed by atoms with Gasteiger partial charge in [-0.3, -0.25) is 9.59 Å². The van der Waals surface area contributed by atoms with Crippen LogP contribution in [0.15, 0.2) is 35.3 Å². The Kier molecular flexibility index (Phi) is 5.45. The van der Waals surface area contributed by atoms with E-state index < -0.39 is 11.3 Å². The number of nitrogens with zero attached hydrogens (tertiary/aromatic N) is 3. The van der Waals surface area contributed by atoms with Gasteiger partial charge in [0, 0.05) is 30.4 Å². The third-order valence-electron chi connectivity index (χ3n) is 5.04. The molecule has 1 aromatic carbocycles. The molecule has 1 amide bonds. The van der Waals surface area contributed by atoms with Gasteiger partial charge in [0.15, 0.2) is 5.65 Å². The Morgan fingerprint density at radius 1 is 1.31 bits per heavy atom. The second-order valence-electron chi connectivity index (χ2n) is 6.88. The highest BCUT2D eigenvalue weighted by Crippen LogP contribution is 2.39. The molecule has 1 saturated carbocycles. The fourth-order valence-corrected chi connectivity index (χ4v) is 3.40. The molecule has 1 aliphatic rings. The van der Waals surface area contributed by atoms with Crippen LogP contribution < -0.4 is 27.9 Å². The maximum absolute atomic E-state index is 12.6. The molecule has 0 unspecified atom stereocenters. The topological polar surface area (TPSA) is 155 Å². The van der Waals surface area contributed by atoms with Crippen LogP contribution in [0, 0.1) is 0 Å². The molecule has 3 aromatic rings. The molecule has 2 aromatic heterocycles. The minimum absolute atomic E-state index is 0. The molecule has 0 saturated heterocycles. The zero-order valence-electron chi connectivity index (χ0n) is 15.8. The van der Waals surface area contributed by atoms with E-state index in [9.17, 15) is 9.59 Å². The number of halogens is 1. The predicted molar refractivity (Wildman–Crippen MR) is 115 cm³/mol. The van der Waals surface area contributed by atoms with E-state index in [4.69, 9.17) is 17.2 Å². The summed E-state index contributed by atoms with van der Waals surface area (Å²) in [5.41, 5.74) is 18.8. The number of anilines is 3. The first-order valence-corrected chi connectivity index (χ1v) is 9.02. The van der Waals surface area contributed by atoms with E-state index in [0.717, 1.165) is 12.1 Å². The van der Waals surface area contributed by atoms with Crippen LogP contribution in [0.5, 0.6) is 0 Å². The van der Waals surface area contributed by atoms with Crippen molar-refractivity contribution in [3.05, 3.63) is 51.8 Å². The predicted octanol–water partition coefficient (Wildman–Crippen LogP) is 1.47. The smallest absolute Gasteiger partial charge is 0.256 e. The first-order chi connectivity index (χ1) is 13.4. The lowest BCUT2D eigenvalue weighted by atomic mass is 10.1. The number of nitrogen functional groups attached to an aromatic ring is 1. The Hall–Kier alpha value is -3.17. The van der Waals surface area contributed by atoms with Crippen molar-refractivity contribution in [1.29, 1.82) is 0 Å². The van der Waals surface area contributed by atoms with E-state index in [1.807, 2.05) is 31.2 Å². The molecule has 10 heteroatoms. The molecule has 4 rings (SSSR count). The van der Waals surface area contributed by atoms with Crippen molar-refractivity contribution in [1.82, 2.24) is 14.5 Å². The molecule has 29 heavy (non-hydrogen) atoms. The molecular formula is C19H22ClN7O2. The van der Waals surface area contributed by atoms with Gasteiger partial charge in [-0.05, 0) is 31.0 Å². The molecule has 0 spiro atoms. The zero-order valence-corrected chi connectivity index (χ0v) is 16.6. The number of nitrogens with two attached hydrogens (primary N) is 3. The van der Waals surface area contributed by atoms with Crippen LogP contribution in [-0.4, -0.2) is 26.5 Å². The Morgan fingerprint density at radius 2 is 1.97 bits per heavy atom. The number of fused-ring (bicyclic) bond motifs is 1. The van der Waals surface area contributed by atoms with Crippen molar-refractivity contribution < 1.29 is 4.79 Å². The van der Waals surface area contributed by atoms with Crippen LogP contribution >= 0.6 is 12.4 Å². The van der Waals surface area contributed by atoms with Gasteiger partial charge < -0.3 is 27.1 Å². The maximum Gasteiger partial charge on any atom is 0.256 e. The Bertz CT molecular complexity index is 1140. The summed E-state index contributed by atoms with van der Waals surface area (Å²) in [7, 11) is 0. The third-order valence-corrected chi connectivity index (χ3v) is 5.04. The average Bonchev–Trinajstić information content (AvgIpc) is 3.39. The first kappa shape index (κ1) is 20.6. The summed E-state index contributed by atoms with van der Waals surface area (Å²) in [5, 5.41) is 3.31. The van der Waals surface area contributed by atoms with Crippen LogP contribution in [0.1, 0.15) is 35.2 Å². The summed E-state index contributed by atoms with van der Waals surface area (Å²) < 4.78 is 1.57. The van der Waals surface area contributed by atoms with Gasteiger partial charge in [0.05, 0.1) is 5.39 Å². The summed E-state index contributed by atoms with van der Waals surface area (Å²) in [6.45, 7) is 2.25. The molecule has 7 N–H and O–H groups in total. The summed E-state index contributed by atoms with van der Waals surface area (Å²) in [4.78, 5) is 32.8. The van der Waals surface area contributed by atoms with Gasteiger partial charge in [-0.2, -0.15) is 4.98 Å². The highest BCUT2D eigenvalue weighted by Gasteiger charge is 2.34. The quantitative estimate of drug-likeness (QED) is 0.491. The first-order valence-electron chi connectivity index (χ1n) is 9.02. The zero-order chi connectivity index (χ0) is 20.0. The Balaban J connectivity index is 0.00000240. The van der Waals surface area contributed by atoms with Gasteiger partial charge >= 0.3 is 0 Å². The van der Waals surface area contributed by atoms with Crippen molar-refractivity contribution >= 4 is 46.8 Å². The number of hydrogen-bond acceptors (Lipinski definition) is 7. The molecular weight excluding hydrogens is 394 g/mol. The van der Waals surface area contributed by atoms with Crippen LogP contribution in [0.3, 0.4) is 0 Å². The number of primary amides is 1. The van der Waals surface area contributed by atoms with Crippen molar-refractivity contribution in [2.75, 3.05) is 11.1 Å². The number of benzene rings is 1. The normalized spacial score (nSPS) is 17.6. The van der Waals surface area contributed by atoms with Gasteiger partial charge in [-0.25, -0.2) is 4.98 Å². The second-order valence-corrected chi connectivity index (χ2v) is 6.88. The van der Waals surface area contributed by atoms with Crippen molar-refractivity contribution in [2.45, 2.75) is 31.8 Å². The van der Waals surface area contributed by atoms with E-state index in [-0.39, 0.29) is 35.2 Å². The van der Waals surface area contributed by atoms with E-state index >= 15 is 0 Å². The van der Waals surface area contributed by atoms with Gasteiger partial charge in [-0.15, -0.1) is 12.4 Å². The number of nitrogens with one attached hydrogen (secondary N) is 1. The van der Waals surface area contributed by atoms with Crippen LogP contribution in [0.2, 0.25) is 0 Å². The number of carbonyl (C=O) groups is 1. The maximum atomic E-state index is 12.6. The second kappa shape index (κ2) is 7.69. The lowest BCUT2D eigenvalue weighted by Crippen LogP contribution is -2.28. The van der Waals surface area contributed by atoms with Gasteiger partial charge in [0.2, 0.25) is 11.4 Å². The van der Waals surface area contributed by atoms with Crippen molar-refractivity contribution in [3.8, 4) is 0 Å². The summed E-state index contributed by atoms with van der Waals surface area (Å²) in [5.74, 6) is -0.116. The molecule has 0 bridgehead atoms. The highest BCUT2D eigenvalue weighted by molar-refractivity contribution is 6.00. The minimum atomic E-state index is -0.871. The number of rotatable bonds is 5. The van der Waals surface area contributed by atoms with E-state index in [0.29, 0.717) is 24.1 Å². The van der Waals surface area contributed by atoms with Crippen molar-refractivity contribution in [3.63, 3.8) is 0 Å². The minimum Gasteiger partial charge on any atom is -0.384 e.